The van der Waals surface area contributed by atoms with Gasteiger partial charge in [0.2, 0.25) is 0 Å². The van der Waals surface area contributed by atoms with Crippen molar-refractivity contribution in [3.8, 4) is 0 Å². The van der Waals surface area contributed by atoms with Gasteiger partial charge in [0.05, 0.1) is 6.54 Å². The third-order valence-corrected chi connectivity index (χ3v) is 5.01. The van der Waals surface area contributed by atoms with Crippen LogP contribution in [-0.2, 0) is 13.0 Å². The Hall–Kier alpha value is -2.18. The van der Waals surface area contributed by atoms with Crippen LogP contribution >= 0.6 is 0 Å². The van der Waals surface area contributed by atoms with E-state index in [9.17, 15) is 4.79 Å². The van der Waals surface area contributed by atoms with Crippen LogP contribution in [0.5, 0.6) is 0 Å². The summed E-state index contributed by atoms with van der Waals surface area (Å²) in [4.78, 5) is 18.8. The molecule has 0 saturated carbocycles. The number of carbonyl (C=O) groups excluding carboxylic acids is 1. The molecule has 0 aliphatic carbocycles. The first-order chi connectivity index (χ1) is 12.5. The second kappa shape index (κ2) is 8.47. The van der Waals surface area contributed by atoms with Gasteiger partial charge in [-0.2, -0.15) is 0 Å². The Balaban J connectivity index is 1.50. The molecule has 1 fully saturated rings. The summed E-state index contributed by atoms with van der Waals surface area (Å²) in [5, 5.41) is 4.00. The lowest BCUT2D eigenvalue weighted by molar-refractivity contribution is 0.0772. The Morgan fingerprint density at radius 3 is 2.73 bits per heavy atom. The van der Waals surface area contributed by atoms with Gasteiger partial charge in [0.15, 0.2) is 11.5 Å². The van der Waals surface area contributed by atoms with Crippen LogP contribution in [0.3, 0.4) is 0 Å². The average Bonchev–Trinajstić information content (AvgIpc) is 3.30. The van der Waals surface area contributed by atoms with Gasteiger partial charge in [-0.25, -0.2) is 0 Å². The minimum absolute atomic E-state index is 0.0312. The Bertz CT molecular complexity index is 714. The minimum Gasteiger partial charge on any atom is -0.359 e. The third-order valence-electron chi connectivity index (χ3n) is 5.01. The predicted molar refractivity (Wildman–Crippen MR) is 101 cm³/mol. The molecule has 1 aromatic heterocycles. The van der Waals surface area contributed by atoms with Crippen molar-refractivity contribution in [1.29, 1.82) is 0 Å². The number of aromatic nitrogens is 1. The number of rotatable bonds is 7. The summed E-state index contributed by atoms with van der Waals surface area (Å²) in [6.45, 7) is 3.10. The molecule has 6 nitrogen and oxygen atoms in total. The van der Waals surface area contributed by atoms with Crippen molar-refractivity contribution in [2.75, 3.05) is 40.8 Å². The first-order valence-electron chi connectivity index (χ1n) is 9.16. The normalized spacial score (nSPS) is 17.4. The van der Waals surface area contributed by atoms with Crippen LogP contribution in [0, 0.1) is 0 Å². The van der Waals surface area contributed by atoms with Gasteiger partial charge < -0.3 is 14.3 Å². The van der Waals surface area contributed by atoms with Gasteiger partial charge in [-0.1, -0.05) is 35.5 Å². The van der Waals surface area contributed by atoms with E-state index in [-0.39, 0.29) is 5.91 Å². The number of amides is 1. The second-order valence-corrected chi connectivity index (χ2v) is 7.31. The summed E-state index contributed by atoms with van der Waals surface area (Å²) in [5.74, 6) is 0.698. The zero-order valence-corrected chi connectivity index (χ0v) is 15.9. The molecule has 1 aliphatic heterocycles. The summed E-state index contributed by atoms with van der Waals surface area (Å²) < 4.78 is 5.39. The minimum atomic E-state index is -0.0312. The lowest BCUT2D eigenvalue weighted by atomic mass is 10.1. The third kappa shape index (κ3) is 4.71. The van der Waals surface area contributed by atoms with Crippen molar-refractivity contribution in [2.45, 2.75) is 25.4 Å². The number of carbonyl (C=O) groups is 1. The molecule has 0 spiro atoms. The Morgan fingerprint density at radius 2 is 2.04 bits per heavy atom. The van der Waals surface area contributed by atoms with Crippen LogP contribution in [0.1, 0.15) is 28.2 Å². The molecule has 140 valence electrons. The number of nitrogens with zero attached hydrogens (tertiary/aromatic N) is 4. The molecule has 1 aromatic carbocycles. The molecule has 0 unspecified atom stereocenters. The zero-order chi connectivity index (χ0) is 18.5. The van der Waals surface area contributed by atoms with Crippen LogP contribution < -0.4 is 0 Å². The lowest BCUT2D eigenvalue weighted by Gasteiger charge is -2.19. The Kier molecular flexibility index (Phi) is 6.06. The second-order valence-electron chi connectivity index (χ2n) is 7.31. The standard InChI is InChI=1S/C20H28N4O2/c1-22(2)17-10-12-24(14-17)20(25)19-13-18(26-21-19)15-23(3)11-9-16-7-5-4-6-8-16/h4-8,13,17H,9-12,14-15H2,1-3H3/t17-/m1/s1. The van der Waals surface area contributed by atoms with Crippen LogP contribution in [0.25, 0.3) is 0 Å². The van der Waals surface area contributed by atoms with Crippen molar-refractivity contribution in [3.05, 3.63) is 53.4 Å². The molecule has 3 rings (SSSR count). The maximum absolute atomic E-state index is 12.6. The molecular weight excluding hydrogens is 328 g/mol. The van der Waals surface area contributed by atoms with Gasteiger partial charge in [-0.3, -0.25) is 9.69 Å². The predicted octanol–water partition coefficient (Wildman–Crippen LogP) is 2.13. The monoisotopic (exact) mass is 356 g/mol. The molecule has 6 heteroatoms. The van der Waals surface area contributed by atoms with Gasteiger partial charge in [0, 0.05) is 31.7 Å². The molecule has 1 aliphatic rings. The van der Waals surface area contributed by atoms with Crippen molar-refractivity contribution < 1.29 is 9.32 Å². The van der Waals surface area contributed by atoms with E-state index in [1.807, 2.05) is 11.0 Å². The number of benzene rings is 1. The smallest absolute Gasteiger partial charge is 0.276 e. The summed E-state index contributed by atoms with van der Waals surface area (Å²) >= 11 is 0. The number of hydrogen-bond acceptors (Lipinski definition) is 5. The quantitative estimate of drug-likeness (QED) is 0.761. The highest BCUT2D eigenvalue weighted by Crippen LogP contribution is 2.17. The van der Waals surface area contributed by atoms with Crippen molar-refractivity contribution in [3.63, 3.8) is 0 Å². The molecule has 0 radical (unpaired) electrons. The molecule has 1 amide bonds. The van der Waals surface area contributed by atoms with Crippen molar-refractivity contribution >= 4 is 5.91 Å². The molecule has 0 N–H and O–H groups in total. The van der Waals surface area contributed by atoms with Crippen LogP contribution in [0.4, 0.5) is 0 Å². The van der Waals surface area contributed by atoms with Crippen molar-refractivity contribution in [1.82, 2.24) is 19.9 Å². The molecule has 0 bridgehead atoms. The maximum atomic E-state index is 12.6. The van der Waals surface area contributed by atoms with E-state index in [4.69, 9.17) is 4.52 Å². The molecule has 1 saturated heterocycles. The molecule has 2 heterocycles. The van der Waals surface area contributed by atoms with Gasteiger partial charge in [-0.15, -0.1) is 0 Å². The summed E-state index contributed by atoms with van der Waals surface area (Å²) in [7, 11) is 6.16. The summed E-state index contributed by atoms with van der Waals surface area (Å²) in [6.07, 6.45) is 1.99. The van der Waals surface area contributed by atoms with E-state index in [2.05, 4.69) is 60.4 Å². The van der Waals surface area contributed by atoms with Crippen LogP contribution in [-0.4, -0.2) is 72.6 Å². The van der Waals surface area contributed by atoms with Gasteiger partial charge >= 0.3 is 0 Å². The molecule has 2 aromatic rings. The SMILES string of the molecule is CN(CCc1ccccc1)Cc1cc(C(=O)N2CC[C@@H](N(C)C)C2)no1. The fraction of sp³-hybridized carbons (Fsp3) is 0.500. The highest BCUT2D eigenvalue weighted by Gasteiger charge is 2.29. The van der Waals surface area contributed by atoms with Crippen molar-refractivity contribution in [2.24, 2.45) is 0 Å². The summed E-state index contributed by atoms with van der Waals surface area (Å²) in [6, 6.07) is 12.6. The molecular formula is C20H28N4O2. The van der Waals surface area contributed by atoms with Gasteiger partial charge in [-0.05, 0) is 39.5 Å². The average molecular weight is 356 g/mol. The summed E-state index contributed by atoms with van der Waals surface area (Å²) in [5.41, 5.74) is 1.73. The lowest BCUT2D eigenvalue weighted by Crippen LogP contribution is -2.34. The highest BCUT2D eigenvalue weighted by molar-refractivity contribution is 5.92. The molecule has 26 heavy (non-hydrogen) atoms. The van der Waals surface area contributed by atoms with Crippen LogP contribution in [0.2, 0.25) is 0 Å². The van der Waals surface area contributed by atoms with E-state index >= 15 is 0 Å². The first kappa shape index (κ1) is 18.6. The van der Waals surface area contributed by atoms with E-state index < -0.39 is 0 Å². The van der Waals surface area contributed by atoms with Crippen LogP contribution in [0.15, 0.2) is 40.9 Å². The Labute approximate surface area is 155 Å². The topological polar surface area (TPSA) is 52.8 Å². The van der Waals surface area contributed by atoms with E-state index in [1.54, 1.807) is 6.07 Å². The van der Waals surface area contributed by atoms with Gasteiger partial charge in [0.1, 0.15) is 0 Å². The van der Waals surface area contributed by atoms with E-state index in [0.717, 1.165) is 38.2 Å². The Morgan fingerprint density at radius 1 is 1.27 bits per heavy atom. The maximum Gasteiger partial charge on any atom is 0.276 e. The number of likely N-dealkylation sites (N-methyl/N-ethyl adjacent to an activating group) is 2. The fourth-order valence-electron chi connectivity index (χ4n) is 3.31. The largest absolute Gasteiger partial charge is 0.359 e. The van der Waals surface area contributed by atoms with E-state index in [1.165, 1.54) is 5.56 Å². The molecule has 1 atom stereocenters. The first-order valence-corrected chi connectivity index (χ1v) is 9.16. The van der Waals surface area contributed by atoms with Gasteiger partial charge in [0.25, 0.3) is 5.91 Å². The fourth-order valence-corrected chi connectivity index (χ4v) is 3.31. The number of hydrogen-bond donors (Lipinski definition) is 0. The number of likely N-dealkylation sites (tertiary alicyclic amines) is 1. The zero-order valence-electron chi connectivity index (χ0n) is 15.9. The highest BCUT2D eigenvalue weighted by atomic mass is 16.5. The van der Waals surface area contributed by atoms with E-state index in [0.29, 0.717) is 18.3 Å².